The molecular formula is C7H6N2O2. The first-order chi connectivity index (χ1) is 5.27. The van der Waals surface area contributed by atoms with E-state index in [-0.39, 0.29) is 18.1 Å². The largest absolute Gasteiger partial charge is 0.310 e. The van der Waals surface area contributed by atoms with E-state index in [4.69, 9.17) is 0 Å². The molecule has 0 spiro atoms. The van der Waals surface area contributed by atoms with Crippen LogP contribution in [0, 0.1) is 0 Å². The maximum atomic E-state index is 11.1. The summed E-state index contributed by atoms with van der Waals surface area (Å²) < 4.78 is 0. The van der Waals surface area contributed by atoms with E-state index in [1.807, 2.05) is 0 Å². The first-order valence-corrected chi connectivity index (χ1v) is 3.36. The summed E-state index contributed by atoms with van der Waals surface area (Å²) in [5.41, 5.74) is 0.643. The average molecular weight is 150 g/mol. The first kappa shape index (κ1) is 6.27. The van der Waals surface area contributed by atoms with Crippen molar-refractivity contribution >= 4 is 17.9 Å². The monoisotopic (exact) mass is 150 g/mol. The van der Waals surface area contributed by atoms with Crippen LogP contribution in [0.1, 0.15) is 12.8 Å². The van der Waals surface area contributed by atoms with E-state index in [0.717, 1.165) is 0 Å². The van der Waals surface area contributed by atoms with Crippen LogP contribution in [0.2, 0.25) is 0 Å². The zero-order valence-corrected chi connectivity index (χ0v) is 5.76. The minimum Gasteiger partial charge on any atom is -0.310 e. The van der Waals surface area contributed by atoms with Crippen LogP contribution in [-0.4, -0.2) is 17.9 Å². The number of hydrogen-bond donors (Lipinski definition) is 1. The van der Waals surface area contributed by atoms with Crippen LogP contribution in [0.25, 0.3) is 0 Å². The van der Waals surface area contributed by atoms with Gasteiger partial charge in [0.15, 0.2) is 5.78 Å². The van der Waals surface area contributed by atoms with Gasteiger partial charge in [-0.2, -0.15) is 0 Å². The molecule has 0 saturated carbocycles. The lowest BCUT2D eigenvalue weighted by atomic mass is 10.0. The zero-order chi connectivity index (χ0) is 7.84. The van der Waals surface area contributed by atoms with Crippen molar-refractivity contribution in [2.45, 2.75) is 12.8 Å². The van der Waals surface area contributed by atoms with Gasteiger partial charge in [-0.05, 0) is 0 Å². The lowest BCUT2D eigenvalue weighted by molar-refractivity contribution is -0.127. The van der Waals surface area contributed by atoms with E-state index in [9.17, 15) is 9.59 Å². The van der Waals surface area contributed by atoms with E-state index in [1.165, 1.54) is 0 Å². The SMILES string of the molecule is O=C1CC(=O)C2=C(N=CC2)N1. The van der Waals surface area contributed by atoms with Gasteiger partial charge in [0.1, 0.15) is 5.82 Å². The number of aliphatic imine (C=N–C) groups is 1. The van der Waals surface area contributed by atoms with Crippen molar-refractivity contribution < 1.29 is 9.59 Å². The van der Waals surface area contributed by atoms with Crippen molar-refractivity contribution in [2.75, 3.05) is 0 Å². The molecule has 0 aromatic carbocycles. The number of allylic oxidation sites excluding steroid dienone is 1. The second-order valence-corrected chi connectivity index (χ2v) is 2.49. The molecule has 0 unspecified atom stereocenters. The first-order valence-electron chi connectivity index (χ1n) is 3.36. The highest BCUT2D eigenvalue weighted by Gasteiger charge is 2.26. The van der Waals surface area contributed by atoms with Gasteiger partial charge < -0.3 is 5.32 Å². The Bertz CT molecular complexity index is 302. The molecule has 11 heavy (non-hydrogen) atoms. The second kappa shape index (κ2) is 2.02. The molecular weight excluding hydrogens is 144 g/mol. The van der Waals surface area contributed by atoms with Crippen LogP contribution in [0.4, 0.5) is 0 Å². The molecule has 56 valence electrons. The Kier molecular flexibility index (Phi) is 1.15. The highest BCUT2D eigenvalue weighted by atomic mass is 16.2. The molecule has 0 saturated heterocycles. The number of hydrogen-bond acceptors (Lipinski definition) is 3. The van der Waals surface area contributed by atoms with Crippen LogP contribution >= 0.6 is 0 Å². The van der Waals surface area contributed by atoms with Gasteiger partial charge in [0, 0.05) is 18.2 Å². The third-order valence-electron chi connectivity index (χ3n) is 1.72. The molecule has 2 heterocycles. The molecule has 0 aromatic rings. The fraction of sp³-hybridized carbons (Fsp3) is 0.286. The predicted octanol–water partition coefficient (Wildman–Crippen LogP) is -0.238. The van der Waals surface area contributed by atoms with Gasteiger partial charge in [-0.15, -0.1) is 0 Å². The van der Waals surface area contributed by atoms with Gasteiger partial charge in [0.05, 0.1) is 6.42 Å². The second-order valence-electron chi connectivity index (χ2n) is 2.49. The molecule has 0 fully saturated rings. The fourth-order valence-electron chi connectivity index (χ4n) is 1.19. The quantitative estimate of drug-likeness (QED) is 0.484. The number of Topliss-reactive ketones (excluding diaryl/α,β-unsaturated/α-hetero) is 1. The maximum Gasteiger partial charge on any atom is 0.233 e. The van der Waals surface area contributed by atoms with Crippen molar-refractivity contribution in [3.63, 3.8) is 0 Å². The van der Waals surface area contributed by atoms with Gasteiger partial charge in [0.2, 0.25) is 5.91 Å². The topological polar surface area (TPSA) is 58.5 Å². The Labute approximate surface area is 63.0 Å². The lowest BCUT2D eigenvalue weighted by Gasteiger charge is -2.11. The molecule has 0 radical (unpaired) electrons. The molecule has 0 bridgehead atoms. The standard InChI is InChI=1S/C7H6N2O2/c10-5-3-6(11)9-7-4(5)1-2-8-7/h2H,1,3H2,(H,9,11). The van der Waals surface area contributed by atoms with Gasteiger partial charge in [-0.1, -0.05) is 0 Å². The maximum absolute atomic E-state index is 11.1. The van der Waals surface area contributed by atoms with Gasteiger partial charge in [0.25, 0.3) is 0 Å². The van der Waals surface area contributed by atoms with Crippen molar-refractivity contribution in [3.05, 3.63) is 11.4 Å². The molecule has 2 aliphatic rings. The molecule has 4 nitrogen and oxygen atoms in total. The number of carbonyl (C=O) groups excluding carboxylic acids is 2. The summed E-state index contributed by atoms with van der Waals surface area (Å²) >= 11 is 0. The van der Waals surface area contributed by atoms with Crippen molar-refractivity contribution in [3.8, 4) is 0 Å². The Morgan fingerprint density at radius 1 is 1.45 bits per heavy atom. The normalized spacial score (nSPS) is 22.2. The van der Waals surface area contributed by atoms with Crippen LogP contribution in [0.15, 0.2) is 16.4 Å². The number of nitrogens with zero attached hydrogens (tertiary/aromatic N) is 1. The number of nitrogens with one attached hydrogen (secondary N) is 1. The van der Waals surface area contributed by atoms with Gasteiger partial charge >= 0.3 is 0 Å². The number of rotatable bonds is 0. The Hall–Kier alpha value is -1.45. The van der Waals surface area contributed by atoms with Crippen molar-refractivity contribution in [1.29, 1.82) is 0 Å². The fourth-order valence-corrected chi connectivity index (χ4v) is 1.19. The highest BCUT2D eigenvalue weighted by molar-refractivity contribution is 6.12. The average Bonchev–Trinajstić information content (AvgIpc) is 2.34. The molecule has 2 rings (SSSR count). The third-order valence-corrected chi connectivity index (χ3v) is 1.72. The van der Waals surface area contributed by atoms with Gasteiger partial charge in [-0.3, -0.25) is 9.59 Å². The summed E-state index contributed by atoms with van der Waals surface area (Å²) in [6, 6.07) is 0. The number of carbonyl (C=O) groups is 2. The van der Waals surface area contributed by atoms with Crippen LogP contribution < -0.4 is 5.32 Å². The van der Waals surface area contributed by atoms with Crippen molar-refractivity contribution in [1.82, 2.24) is 5.32 Å². The highest BCUT2D eigenvalue weighted by Crippen LogP contribution is 2.19. The van der Waals surface area contributed by atoms with E-state index < -0.39 is 0 Å². The summed E-state index contributed by atoms with van der Waals surface area (Å²) in [6.45, 7) is 0. The lowest BCUT2D eigenvalue weighted by Crippen LogP contribution is -2.31. The molecule has 0 aliphatic carbocycles. The molecule has 1 amide bonds. The Morgan fingerprint density at radius 2 is 2.27 bits per heavy atom. The van der Waals surface area contributed by atoms with E-state index in [1.54, 1.807) is 6.21 Å². The zero-order valence-electron chi connectivity index (χ0n) is 5.76. The third kappa shape index (κ3) is 0.869. The predicted molar refractivity (Wildman–Crippen MR) is 37.9 cm³/mol. The van der Waals surface area contributed by atoms with E-state index in [2.05, 4.69) is 10.3 Å². The molecule has 4 heteroatoms. The smallest absolute Gasteiger partial charge is 0.233 e. The molecule has 2 aliphatic heterocycles. The molecule has 0 atom stereocenters. The van der Waals surface area contributed by atoms with E-state index >= 15 is 0 Å². The van der Waals surface area contributed by atoms with Crippen LogP contribution in [-0.2, 0) is 9.59 Å². The number of amides is 1. The van der Waals surface area contributed by atoms with E-state index in [0.29, 0.717) is 17.8 Å². The summed E-state index contributed by atoms with van der Waals surface area (Å²) in [5, 5.41) is 2.53. The van der Waals surface area contributed by atoms with Crippen LogP contribution in [0.3, 0.4) is 0 Å². The molecule has 1 N–H and O–H groups in total. The summed E-state index contributed by atoms with van der Waals surface area (Å²) in [5.74, 6) is 0.0975. The van der Waals surface area contributed by atoms with Crippen molar-refractivity contribution in [2.24, 2.45) is 4.99 Å². The Balaban J connectivity index is 2.40. The minimum absolute atomic E-state index is 0.0256. The summed E-state index contributed by atoms with van der Waals surface area (Å²) in [6.07, 6.45) is 2.17. The number of ketones is 1. The minimum atomic E-state index is -0.257. The van der Waals surface area contributed by atoms with Gasteiger partial charge in [-0.25, -0.2) is 4.99 Å². The molecule has 0 aromatic heterocycles. The van der Waals surface area contributed by atoms with Crippen LogP contribution in [0.5, 0.6) is 0 Å². The Morgan fingerprint density at radius 3 is 3.09 bits per heavy atom. The summed E-state index contributed by atoms with van der Waals surface area (Å²) in [4.78, 5) is 25.7. The summed E-state index contributed by atoms with van der Waals surface area (Å²) in [7, 11) is 0.